The van der Waals surface area contributed by atoms with E-state index >= 15 is 0 Å². The van der Waals surface area contributed by atoms with Gasteiger partial charge in [-0.1, -0.05) is 43.7 Å². The molecule has 0 aromatic rings. The van der Waals surface area contributed by atoms with E-state index in [-0.39, 0.29) is 5.12 Å². The quantitative estimate of drug-likeness (QED) is 0.424. The summed E-state index contributed by atoms with van der Waals surface area (Å²) in [6.07, 6.45) is 13.3. The molecule has 1 nitrogen and oxygen atoms in total. The van der Waals surface area contributed by atoms with Gasteiger partial charge in [-0.25, -0.2) is 0 Å². The van der Waals surface area contributed by atoms with Crippen molar-refractivity contribution in [3.8, 4) is 0 Å². The highest BCUT2D eigenvalue weighted by Gasteiger charge is 1.92. The molecular formula is C13H24OS. The lowest BCUT2D eigenvalue weighted by atomic mass is 10.2. The number of thioether (sulfide) groups is 1. The molecule has 0 bridgehead atoms. The van der Waals surface area contributed by atoms with Crippen LogP contribution in [0.2, 0.25) is 0 Å². The third-order valence-electron chi connectivity index (χ3n) is 2.21. The molecule has 0 spiro atoms. The lowest BCUT2D eigenvalue weighted by Gasteiger charge is -1.96. The van der Waals surface area contributed by atoms with Crippen molar-refractivity contribution < 1.29 is 4.79 Å². The van der Waals surface area contributed by atoms with Crippen LogP contribution in [0.4, 0.5) is 0 Å². The summed E-state index contributed by atoms with van der Waals surface area (Å²) in [6.45, 7) is 3.87. The molecule has 0 atom stereocenters. The summed E-state index contributed by atoms with van der Waals surface area (Å²) in [7, 11) is 0. The number of carbonyl (C=O) groups is 1. The van der Waals surface area contributed by atoms with Gasteiger partial charge in [0.25, 0.3) is 0 Å². The third-order valence-corrected chi connectivity index (χ3v) is 3.11. The third kappa shape index (κ3) is 13.8. The van der Waals surface area contributed by atoms with Crippen molar-refractivity contribution in [2.75, 3.05) is 5.75 Å². The smallest absolute Gasteiger partial charge is 0.185 e. The van der Waals surface area contributed by atoms with Gasteiger partial charge in [-0.3, -0.25) is 4.79 Å². The molecule has 0 aromatic carbocycles. The summed E-state index contributed by atoms with van der Waals surface area (Å²) < 4.78 is 0. The van der Waals surface area contributed by atoms with E-state index in [2.05, 4.69) is 19.1 Å². The Hall–Kier alpha value is -0.240. The second-order valence-corrected chi connectivity index (χ2v) is 5.07. The minimum absolute atomic E-state index is 0.241. The number of unbranched alkanes of at least 4 members (excludes halogenated alkanes) is 5. The minimum Gasteiger partial charge on any atom is -0.288 e. The lowest BCUT2D eigenvalue weighted by Crippen LogP contribution is -1.85. The molecule has 88 valence electrons. The Labute approximate surface area is 98.7 Å². The van der Waals surface area contributed by atoms with E-state index in [0.29, 0.717) is 0 Å². The zero-order chi connectivity index (χ0) is 11.4. The van der Waals surface area contributed by atoms with Gasteiger partial charge in [0.15, 0.2) is 5.12 Å². The van der Waals surface area contributed by atoms with E-state index in [1.54, 1.807) is 6.92 Å². The Bertz CT molecular complexity index is 175. The summed E-state index contributed by atoms with van der Waals surface area (Å²) in [5.74, 6) is 0.985. The lowest BCUT2D eigenvalue weighted by molar-refractivity contribution is -0.109. The van der Waals surface area contributed by atoms with Crippen LogP contribution in [0.15, 0.2) is 12.2 Å². The highest BCUT2D eigenvalue weighted by Crippen LogP contribution is 2.07. The van der Waals surface area contributed by atoms with Gasteiger partial charge >= 0.3 is 0 Å². The standard InChI is InChI=1S/C13H24OS/c1-3-4-5-6-7-8-9-10-11-12-15-13(2)14/h7-8H,3-6,9-12H2,1-2H3/b8-7+. The van der Waals surface area contributed by atoms with Gasteiger partial charge in [-0.2, -0.15) is 0 Å². The van der Waals surface area contributed by atoms with E-state index in [1.807, 2.05) is 0 Å². The fourth-order valence-corrected chi connectivity index (χ4v) is 1.96. The van der Waals surface area contributed by atoms with Gasteiger partial charge in [0.05, 0.1) is 0 Å². The topological polar surface area (TPSA) is 17.1 Å². The molecular weight excluding hydrogens is 204 g/mol. The fraction of sp³-hybridized carbons (Fsp3) is 0.769. The first-order valence-electron chi connectivity index (χ1n) is 6.05. The molecule has 0 unspecified atom stereocenters. The van der Waals surface area contributed by atoms with Crippen molar-refractivity contribution in [1.29, 1.82) is 0 Å². The van der Waals surface area contributed by atoms with Crippen LogP contribution in [0.25, 0.3) is 0 Å². The molecule has 0 amide bonds. The Balaban J connectivity index is 3.06. The molecule has 0 fully saturated rings. The molecule has 0 aromatic heterocycles. The minimum atomic E-state index is 0.241. The first-order chi connectivity index (χ1) is 7.27. The number of rotatable bonds is 9. The second kappa shape index (κ2) is 11.8. The second-order valence-electron chi connectivity index (χ2n) is 3.80. The molecule has 0 aliphatic heterocycles. The zero-order valence-electron chi connectivity index (χ0n) is 10.1. The molecule has 15 heavy (non-hydrogen) atoms. The maximum Gasteiger partial charge on any atom is 0.185 e. The van der Waals surface area contributed by atoms with Gasteiger partial charge in [0, 0.05) is 12.7 Å². The zero-order valence-corrected chi connectivity index (χ0v) is 10.9. The molecule has 0 saturated heterocycles. The molecule has 0 N–H and O–H groups in total. The maximum absolute atomic E-state index is 10.6. The van der Waals surface area contributed by atoms with Crippen LogP contribution in [-0.2, 0) is 4.79 Å². The summed E-state index contributed by atoms with van der Waals surface area (Å²) in [4.78, 5) is 10.6. The van der Waals surface area contributed by atoms with E-state index < -0.39 is 0 Å². The molecule has 0 radical (unpaired) electrons. The van der Waals surface area contributed by atoms with E-state index in [4.69, 9.17) is 0 Å². The van der Waals surface area contributed by atoms with Crippen molar-refractivity contribution in [2.45, 2.75) is 58.8 Å². The maximum atomic E-state index is 10.6. The summed E-state index contributed by atoms with van der Waals surface area (Å²) in [5.41, 5.74) is 0. The predicted octanol–water partition coefficient (Wildman–Crippen LogP) is 4.57. The van der Waals surface area contributed by atoms with Crippen LogP contribution in [0.5, 0.6) is 0 Å². The number of carbonyl (C=O) groups excluding carboxylic acids is 1. The average Bonchev–Trinajstić information content (AvgIpc) is 2.20. The van der Waals surface area contributed by atoms with Crippen LogP contribution >= 0.6 is 11.8 Å². The van der Waals surface area contributed by atoms with Crippen molar-refractivity contribution in [2.24, 2.45) is 0 Å². The van der Waals surface area contributed by atoms with Gasteiger partial charge < -0.3 is 0 Å². The molecule has 0 heterocycles. The van der Waals surface area contributed by atoms with Gasteiger partial charge in [-0.05, 0) is 32.1 Å². The van der Waals surface area contributed by atoms with Crippen LogP contribution in [0, 0.1) is 0 Å². The van der Waals surface area contributed by atoms with Gasteiger partial charge in [0.2, 0.25) is 0 Å². The van der Waals surface area contributed by atoms with Crippen molar-refractivity contribution in [3.63, 3.8) is 0 Å². The van der Waals surface area contributed by atoms with Crippen molar-refractivity contribution >= 4 is 16.9 Å². The van der Waals surface area contributed by atoms with E-state index in [0.717, 1.165) is 12.2 Å². The summed E-state index contributed by atoms with van der Waals surface area (Å²) in [6, 6.07) is 0. The average molecular weight is 228 g/mol. The monoisotopic (exact) mass is 228 g/mol. The van der Waals surface area contributed by atoms with Crippen LogP contribution < -0.4 is 0 Å². The molecule has 0 saturated carbocycles. The SMILES string of the molecule is CCCCC/C=C/CCCCSC(C)=O. The summed E-state index contributed by atoms with van der Waals surface area (Å²) >= 11 is 1.44. The highest BCUT2D eigenvalue weighted by molar-refractivity contribution is 8.13. The normalized spacial score (nSPS) is 11.1. The number of hydrogen-bond donors (Lipinski definition) is 0. The molecule has 0 rings (SSSR count). The molecule has 0 aliphatic carbocycles. The molecule has 2 heteroatoms. The Morgan fingerprint density at radius 3 is 2.20 bits per heavy atom. The predicted molar refractivity (Wildman–Crippen MR) is 70.3 cm³/mol. The van der Waals surface area contributed by atoms with Crippen molar-refractivity contribution in [1.82, 2.24) is 0 Å². The summed E-state index contributed by atoms with van der Waals surface area (Å²) in [5, 5.41) is 0.241. The Morgan fingerprint density at radius 2 is 1.67 bits per heavy atom. The van der Waals surface area contributed by atoms with Gasteiger partial charge in [0.1, 0.15) is 0 Å². The van der Waals surface area contributed by atoms with E-state index in [1.165, 1.54) is 50.3 Å². The largest absolute Gasteiger partial charge is 0.288 e. The number of allylic oxidation sites excluding steroid dienone is 2. The first kappa shape index (κ1) is 14.8. The Kier molecular flexibility index (Phi) is 11.6. The molecule has 0 aliphatic rings. The van der Waals surface area contributed by atoms with Crippen LogP contribution in [0.1, 0.15) is 58.8 Å². The fourth-order valence-electron chi connectivity index (χ4n) is 1.33. The number of hydrogen-bond acceptors (Lipinski definition) is 2. The van der Waals surface area contributed by atoms with Crippen LogP contribution in [0.3, 0.4) is 0 Å². The van der Waals surface area contributed by atoms with Gasteiger partial charge in [-0.15, -0.1) is 0 Å². The van der Waals surface area contributed by atoms with Crippen molar-refractivity contribution in [3.05, 3.63) is 12.2 Å². The Morgan fingerprint density at radius 1 is 1.07 bits per heavy atom. The van der Waals surface area contributed by atoms with E-state index in [9.17, 15) is 4.79 Å². The first-order valence-corrected chi connectivity index (χ1v) is 7.04. The highest BCUT2D eigenvalue weighted by atomic mass is 32.2. The van der Waals surface area contributed by atoms with Crippen LogP contribution in [-0.4, -0.2) is 10.9 Å².